The van der Waals surface area contributed by atoms with Crippen LogP contribution >= 0.6 is 0 Å². The molecule has 2 rings (SSSR count). The van der Waals surface area contributed by atoms with Crippen molar-refractivity contribution in [1.29, 1.82) is 0 Å². The summed E-state index contributed by atoms with van der Waals surface area (Å²) in [6.45, 7) is 7.41. The van der Waals surface area contributed by atoms with Gasteiger partial charge >= 0.3 is 0 Å². The molecule has 0 fully saturated rings. The molecule has 2 aromatic rings. The summed E-state index contributed by atoms with van der Waals surface area (Å²) in [7, 11) is 0. The van der Waals surface area contributed by atoms with E-state index in [0.29, 0.717) is 25.9 Å². The molecule has 2 aromatic carbocycles. The minimum Gasteiger partial charge on any atom is -0.370 e. The topological polar surface area (TPSA) is 63.4 Å². The number of hydrogen-bond acceptors (Lipinski definition) is 2. The van der Waals surface area contributed by atoms with Crippen LogP contribution in [0.2, 0.25) is 0 Å². The fraction of sp³-hybridized carbons (Fsp3) is 0.391. The zero-order chi connectivity index (χ0) is 19.9. The summed E-state index contributed by atoms with van der Waals surface area (Å²) in [5, 5.41) is 0. The lowest BCUT2D eigenvalue weighted by Gasteiger charge is -2.23. The molecule has 4 heteroatoms. The first-order chi connectivity index (χ1) is 12.8. The van der Waals surface area contributed by atoms with Crippen molar-refractivity contribution < 1.29 is 9.59 Å². The molecule has 0 saturated carbocycles. The Labute approximate surface area is 162 Å². The van der Waals surface area contributed by atoms with E-state index in [1.165, 1.54) is 5.56 Å². The van der Waals surface area contributed by atoms with Gasteiger partial charge in [-0.25, -0.2) is 0 Å². The zero-order valence-electron chi connectivity index (χ0n) is 16.6. The van der Waals surface area contributed by atoms with Crippen molar-refractivity contribution in [3.63, 3.8) is 0 Å². The fourth-order valence-corrected chi connectivity index (χ4v) is 2.92. The van der Waals surface area contributed by atoms with Crippen LogP contribution in [0.25, 0.3) is 0 Å². The predicted molar refractivity (Wildman–Crippen MR) is 109 cm³/mol. The molecular formula is C23H30N2O2. The van der Waals surface area contributed by atoms with Crippen molar-refractivity contribution in [3.05, 3.63) is 71.3 Å². The first kappa shape index (κ1) is 20.7. The average Bonchev–Trinajstić information content (AvgIpc) is 2.63. The number of carbonyl (C=O) groups excluding carboxylic acids is 2. The summed E-state index contributed by atoms with van der Waals surface area (Å²) in [6.07, 6.45) is 1.28. The van der Waals surface area contributed by atoms with Gasteiger partial charge in [0.15, 0.2) is 0 Å². The van der Waals surface area contributed by atoms with Crippen molar-refractivity contribution in [1.82, 2.24) is 4.90 Å². The largest absolute Gasteiger partial charge is 0.370 e. The monoisotopic (exact) mass is 366 g/mol. The maximum Gasteiger partial charge on any atom is 0.223 e. The van der Waals surface area contributed by atoms with Crippen LogP contribution < -0.4 is 5.73 Å². The second-order valence-corrected chi connectivity index (χ2v) is 7.96. The molecule has 0 aliphatic heterocycles. The van der Waals surface area contributed by atoms with Crippen LogP contribution in [0.3, 0.4) is 0 Å². The number of nitrogens with zero attached hydrogens (tertiary/aromatic N) is 1. The highest BCUT2D eigenvalue weighted by Gasteiger charge is 2.16. The van der Waals surface area contributed by atoms with Gasteiger partial charge in [-0.15, -0.1) is 0 Å². The first-order valence-corrected chi connectivity index (χ1v) is 9.45. The van der Waals surface area contributed by atoms with Gasteiger partial charge in [-0.05, 0) is 28.5 Å². The number of hydrogen-bond donors (Lipinski definition) is 1. The van der Waals surface area contributed by atoms with E-state index in [1.807, 2.05) is 30.3 Å². The number of nitrogens with two attached hydrogens (primary N) is 1. The van der Waals surface area contributed by atoms with Gasteiger partial charge in [0, 0.05) is 25.9 Å². The van der Waals surface area contributed by atoms with Gasteiger partial charge in [-0.2, -0.15) is 0 Å². The van der Waals surface area contributed by atoms with Gasteiger partial charge in [0.2, 0.25) is 11.8 Å². The number of rotatable bonds is 8. The normalized spacial score (nSPS) is 11.2. The van der Waals surface area contributed by atoms with Gasteiger partial charge in [0.25, 0.3) is 0 Å². The summed E-state index contributed by atoms with van der Waals surface area (Å²) in [5.74, 6) is -0.348. The van der Waals surface area contributed by atoms with E-state index in [1.54, 1.807) is 4.90 Å². The molecule has 4 nitrogen and oxygen atoms in total. The molecular weight excluding hydrogens is 336 g/mol. The number of carbonyl (C=O) groups is 2. The van der Waals surface area contributed by atoms with E-state index in [4.69, 9.17) is 5.73 Å². The molecule has 0 radical (unpaired) electrons. The quantitative estimate of drug-likeness (QED) is 0.772. The van der Waals surface area contributed by atoms with Crippen LogP contribution in [0.4, 0.5) is 0 Å². The van der Waals surface area contributed by atoms with E-state index in [2.05, 4.69) is 45.0 Å². The van der Waals surface area contributed by atoms with E-state index in [-0.39, 0.29) is 17.7 Å². The maximum absolute atomic E-state index is 12.7. The summed E-state index contributed by atoms with van der Waals surface area (Å²) in [4.78, 5) is 25.6. The Bertz CT molecular complexity index is 746. The third kappa shape index (κ3) is 6.89. The molecule has 0 aliphatic rings. The molecule has 0 aliphatic carbocycles. The molecule has 0 bridgehead atoms. The van der Waals surface area contributed by atoms with E-state index in [0.717, 1.165) is 11.1 Å². The van der Waals surface area contributed by atoms with Crippen LogP contribution in [0, 0.1) is 0 Å². The Hall–Kier alpha value is -2.62. The van der Waals surface area contributed by atoms with Crippen LogP contribution in [-0.4, -0.2) is 23.3 Å². The zero-order valence-corrected chi connectivity index (χ0v) is 16.6. The highest BCUT2D eigenvalue weighted by molar-refractivity contribution is 5.78. The first-order valence-electron chi connectivity index (χ1n) is 9.45. The number of primary amides is 1. The molecule has 0 atom stereocenters. The Morgan fingerprint density at radius 1 is 0.889 bits per heavy atom. The Morgan fingerprint density at radius 3 is 2.07 bits per heavy atom. The second-order valence-electron chi connectivity index (χ2n) is 7.96. The van der Waals surface area contributed by atoms with Gasteiger partial charge in [0.05, 0.1) is 0 Å². The molecule has 2 N–H and O–H groups in total. The number of amides is 2. The summed E-state index contributed by atoms with van der Waals surface area (Å²) >= 11 is 0. The Balaban J connectivity index is 1.98. The Morgan fingerprint density at radius 2 is 1.52 bits per heavy atom. The van der Waals surface area contributed by atoms with Crippen molar-refractivity contribution >= 4 is 11.8 Å². The van der Waals surface area contributed by atoms with Crippen LogP contribution in [0.1, 0.15) is 50.3 Å². The van der Waals surface area contributed by atoms with Crippen LogP contribution in [-0.2, 0) is 28.0 Å². The molecule has 0 unspecified atom stereocenters. The van der Waals surface area contributed by atoms with Gasteiger partial charge in [0.1, 0.15) is 0 Å². The highest BCUT2D eigenvalue weighted by atomic mass is 16.2. The standard InChI is InChI=1S/C23H30N2O2/c1-23(2,3)20-12-9-18(10-13-20)11-14-22(27)25(16-15-21(24)26)17-19-7-5-4-6-8-19/h4-10,12-13H,11,14-17H2,1-3H3,(H2,24,26). The predicted octanol–water partition coefficient (Wildman–Crippen LogP) is 3.82. The van der Waals surface area contributed by atoms with Crippen molar-refractivity contribution in [3.8, 4) is 0 Å². The average molecular weight is 367 g/mol. The molecule has 0 aromatic heterocycles. The molecule has 0 saturated heterocycles. The smallest absolute Gasteiger partial charge is 0.223 e. The Kier molecular flexibility index (Phi) is 7.17. The molecule has 0 heterocycles. The summed E-state index contributed by atoms with van der Waals surface area (Å²) in [5.41, 5.74) is 8.86. The SMILES string of the molecule is CC(C)(C)c1ccc(CCC(=O)N(CCC(N)=O)Cc2ccccc2)cc1. The van der Waals surface area contributed by atoms with Gasteiger partial charge in [-0.3, -0.25) is 9.59 Å². The molecule has 27 heavy (non-hydrogen) atoms. The lowest BCUT2D eigenvalue weighted by molar-refractivity contribution is -0.132. The van der Waals surface area contributed by atoms with Crippen molar-refractivity contribution in [2.75, 3.05) is 6.54 Å². The van der Waals surface area contributed by atoms with E-state index in [9.17, 15) is 9.59 Å². The molecule has 144 valence electrons. The third-order valence-electron chi connectivity index (χ3n) is 4.64. The number of benzene rings is 2. The van der Waals surface area contributed by atoms with Crippen LogP contribution in [0.15, 0.2) is 54.6 Å². The minimum absolute atomic E-state index is 0.0417. The van der Waals surface area contributed by atoms with Crippen molar-refractivity contribution in [2.45, 2.75) is 52.0 Å². The van der Waals surface area contributed by atoms with Crippen LogP contribution in [0.5, 0.6) is 0 Å². The van der Waals surface area contributed by atoms with E-state index < -0.39 is 5.91 Å². The lowest BCUT2D eigenvalue weighted by atomic mass is 9.86. The fourth-order valence-electron chi connectivity index (χ4n) is 2.92. The maximum atomic E-state index is 12.7. The van der Waals surface area contributed by atoms with Gasteiger partial charge in [-0.1, -0.05) is 75.4 Å². The van der Waals surface area contributed by atoms with E-state index >= 15 is 0 Å². The molecule has 0 spiro atoms. The molecule has 2 amide bonds. The lowest BCUT2D eigenvalue weighted by Crippen LogP contribution is -2.33. The minimum atomic E-state index is -0.390. The summed E-state index contributed by atoms with van der Waals surface area (Å²) in [6, 6.07) is 18.3. The number of aryl methyl sites for hydroxylation is 1. The second kappa shape index (κ2) is 9.36. The summed E-state index contributed by atoms with van der Waals surface area (Å²) < 4.78 is 0. The van der Waals surface area contributed by atoms with Gasteiger partial charge < -0.3 is 10.6 Å². The van der Waals surface area contributed by atoms with Crippen molar-refractivity contribution in [2.24, 2.45) is 5.73 Å². The third-order valence-corrected chi connectivity index (χ3v) is 4.64. The highest BCUT2D eigenvalue weighted by Crippen LogP contribution is 2.22.